The van der Waals surface area contributed by atoms with E-state index in [9.17, 15) is 9.90 Å². The molecule has 25 heavy (non-hydrogen) atoms. The van der Waals surface area contributed by atoms with E-state index >= 15 is 0 Å². The van der Waals surface area contributed by atoms with E-state index in [1.165, 1.54) is 0 Å². The monoisotopic (exact) mass is 325 g/mol. The molecule has 4 rings (SSSR count). The van der Waals surface area contributed by atoms with Gasteiger partial charge in [-0.2, -0.15) is 0 Å². The summed E-state index contributed by atoms with van der Waals surface area (Å²) in [5.74, 6) is -0.949. The van der Waals surface area contributed by atoms with Crippen LogP contribution in [-0.4, -0.2) is 16.1 Å². The number of hydrogen-bond acceptors (Lipinski definition) is 2. The number of rotatable bonds is 3. The summed E-state index contributed by atoms with van der Waals surface area (Å²) >= 11 is 0. The van der Waals surface area contributed by atoms with Gasteiger partial charge in [-0.3, -0.25) is 0 Å². The van der Waals surface area contributed by atoms with Crippen molar-refractivity contribution in [2.24, 2.45) is 0 Å². The van der Waals surface area contributed by atoms with Gasteiger partial charge in [0.25, 0.3) is 0 Å². The van der Waals surface area contributed by atoms with Crippen LogP contribution >= 0.6 is 0 Å². The SMILES string of the molecule is O=C(O)c1cc(-c2ccccc2)nc2ccc(-c3ccccc3)cc12. The second-order valence-corrected chi connectivity index (χ2v) is 5.82. The molecule has 0 amide bonds. The molecule has 0 atom stereocenters. The smallest absolute Gasteiger partial charge is 0.336 e. The van der Waals surface area contributed by atoms with Crippen molar-refractivity contribution in [3.8, 4) is 22.4 Å². The molecule has 0 aliphatic rings. The zero-order chi connectivity index (χ0) is 17.2. The maximum Gasteiger partial charge on any atom is 0.336 e. The second-order valence-electron chi connectivity index (χ2n) is 5.82. The first-order valence-electron chi connectivity index (χ1n) is 8.01. The molecule has 0 unspecified atom stereocenters. The fourth-order valence-electron chi connectivity index (χ4n) is 2.97. The molecule has 0 saturated heterocycles. The van der Waals surface area contributed by atoms with Crippen LogP contribution in [0.5, 0.6) is 0 Å². The number of aromatic nitrogens is 1. The van der Waals surface area contributed by atoms with Gasteiger partial charge in [0.15, 0.2) is 0 Å². The molecule has 1 N–H and O–H groups in total. The van der Waals surface area contributed by atoms with Gasteiger partial charge >= 0.3 is 5.97 Å². The van der Waals surface area contributed by atoms with E-state index in [1.807, 2.05) is 78.9 Å². The Morgan fingerprint density at radius 2 is 1.36 bits per heavy atom. The van der Waals surface area contributed by atoms with Crippen LogP contribution in [0.4, 0.5) is 0 Å². The largest absolute Gasteiger partial charge is 0.478 e. The van der Waals surface area contributed by atoms with E-state index in [1.54, 1.807) is 6.07 Å². The first kappa shape index (κ1) is 15.1. The van der Waals surface area contributed by atoms with E-state index in [-0.39, 0.29) is 5.56 Å². The van der Waals surface area contributed by atoms with Gasteiger partial charge in [0.2, 0.25) is 0 Å². The van der Waals surface area contributed by atoms with E-state index in [0.717, 1.165) is 16.7 Å². The highest BCUT2D eigenvalue weighted by Gasteiger charge is 2.14. The zero-order valence-corrected chi connectivity index (χ0v) is 13.4. The Balaban J connectivity index is 1.94. The topological polar surface area (TPSA) is 50.2 Å². The van der Waals surface area contributed by atoms with Crippen molar-refractivity contribution in [2.75, 3.05) is 0 Å². The van der Waals surface area contributed by atoms with Gasteiger partial charge < -0.3 is 5.11 Å². The maximum atomic E-state index is 11.8. The van der Waals surface area contributed by atoms with Crippen LogP contribution in [0.25, 0.3) is 33.3 Å². The van der Waals surface area contributed by atoms with Crippen molar-refractivity contribution < 1.29 is 9.90 Å². The molecular weight excluding hydrogens is 310 g/mol. The van der Waals surface area contributed by atoms with Crippen molar-refractivity contribution in [3.63, 3.8) is 0 Å². The fourth-order valence-corrected chi connectivity index (χ4v) is 2.97. The Bertz CT molecular complexity index is 1060. The molecule has 0 aliphatic carbocycles. The third-order valence-electron chi connectivity index (χ3n) is 4.22. The summed E-state index contributed by atoms with van der Waals surface area (Å²) in [6.07, 6.45) is 0. The Morgan fingerprint density at radius 3 is 2.00 bits per heavy atom. The van der Waals surface area contributed by atoms with E-state index in [4.69, 9.17) is 0 Å². The van der Waals surface area contributed by atoms with Gasteiger partial charge in [0.05, 0.1) is 16.8 Å². The number of pyridine rings is 1. The Labute approximate surface area is 145 Å². The fraction of sp³-hybridized carbons (Fsp3) is 0. The van der Waals surface area contributed by atoms with E-state index < -0.39 is 5.97 Å². The Morgan fingerprint density at radius 1 is 0.720 bits per heavy atom. The number of benzene rings is 3. The summed E-state index contributed by atoms with van der Waals surface area (Å²) in [6, 6.07) is 26.9. The van der Waals surface area contributed by atoms with Crippen LogP contribution in [0.1, 0.15) is 10.4 Å². The number of carbonyl (C=O) groups is 1. The summed E-state index contributed by atoms with van der Waals surface area (Å²) in [4.78, 5) is 16.5. The lowest BCUT2D eigenvalue weighted by atomic mass is 9.99. The van der Waals surface area contributed by atoms with E-state index in [2.05, 4.69) is 4.98 Å². The molecule has 1 aromatic heterocycles. The predicted octanol–water partition coefficient (Wildman–Crippen LogP) is 5.27. The summed E-state index contributed by atoms with van der Waals surface area (Å²) in [7, 11) is 0. The molecule has 0 fully saturated rings. The van der Waals surface area contributed by atoms with Gasteiger partial charge in [-0.25, -0.2) is 9.78 Å². The van der Waals surface area contributed by atoms with Crippen molar-refractivity contribution in [1.29, 1.82) is 0 Å². The molecule has 3 nitrogen and oxygen atoms in total. The highest BCUT2D eigenvalue weighted by Crippen LogP contribution is 2.29. The van der Waals surface area contributed by atoms with Crippen molar-refractivity contribution in [3.05, 3.63) is 90.5 Å². The van der Waals surface area contributed by atoms with Gasteiger partial charge in [0, 0.05) is 10.9 Å². The summed E-state index contributed by atoms with van der Waals surface area (Å²) in [5, 5.41) is 10.3. The molecule has 3 heteroatoms. The molecule has 0 saturated carbocycles. The number of carboxylic acid groups (broad SMARTS) is 1. The molecule has 0 bridgehead atoms. The van der Waals surface area contributed by atoms with Crippen LogP contribution in [0, 0.1) is 0 Å². The number of nitrogens with zero attached hydrogens (tertiary/aromatic N) is 1. The molecular formula is C22H15NO2. The minimum absolute atomic E-state index is 0.265. The van der Waals surface area contributed by atoms with Crippen molar-refractivity contribution in [1.82, 2.24) is 4.98 Å². The molecule has 1 heterocycles. The molecule has 4 aromatic rings. The number of fused-ring (bicyclic) bond motifs is 1. The van der Waals surface area contributed by atoms with Gasteiger partial charge in [-0.05, 0) is 29.3 Å². The lowest BCUT2D eigenvalue weighted by Crippen LogP contribution is -2.00. The second kappa shape index (κ2) is 6.21. The van der Waals surface area contributed by atoms with Gasteiger partial charge in [-0.15, -0.1) is 0 Å². The van der Waals surface area contributed by atoms with E-state index in [0.29, 0.717) is 16.6 Å². The molecule has 3 aromatic carbocycles. The number of carboxylic acids is 1. The molecule has 120 valence electrons. The summed E-state index contributed by atoms with van der Waals surface area (Å²) < 4.78 is 0. The average molecular weight is 325 g/mol. The Kier molecular flexibility index (Phi) is 3.75. The quantitative estimate of drug-likeness (QED) is 0.558. The number of hydrogen-bond donors (Lipinski definition) is 1. The van der Waals surface area contributed by atoms with Crippen LogP contribution in [-0.2, 0) is 0 Å². The lowest BCUT2D eigenvalue weighted by molar-refractivity contribution is 0.0699. The normalized spacial score (nSPS) is 10.7. The first-order valence-corrected chi connectivity index (χ1v) is 8.01. The highest BCUT2D eigenvalue weighted by atomic mass is 16.4. The number of aromatic carboxylic acids is 1. The lowest BCUT2D eigenvalue weighted by Gasteiger charge is -2.09. The summed E-state index contributed by atoms with van der Waals surface area (Å²) in [6.45, 7) is 0. The standard InChI is InChI=1S/C22H15NO2/c24-22(25)19-14-21(16-9-5-2-6-10-16)23-20-12-11-17(13-18(19)20)15-7-3-1-4-8-15/h1-14H,(H,24,25). The average Bonchev–Trinajstić information content (AvgIpc) is 2.68. The minimum atomic E-state index is -0.949. The summed E-state index contributed by atoms with van der Waals surface area (Å²) in [5.41, 5.74) is 4.54. The first-order chi connectivity index (χ1) is 12.2. The van der Waals surface area contributed by atoms with Gasteiger partial charge in [-0.1, -0.05) is 66.7 Å². The van der Waals surface area contributed by atoms with Crippen molar-refractivity contribution in [2.45, 2.75) is 0 Å². The van der Waals surface area contributed by atoms with Gasteiger partial charge in [0.1, 0.15) is 0 Å². The Hall–Kier alpha value is -3.46. The van der Waals surface area contributed by atoms with Crippen LogP contribution in [0.3, 0.4) is 0 Å². The zero-order valence-electron chi connectivity index (χ0n) is 13.4. The molecule has 0 radical (unpaired) electrons. The van der Waals surface area contributed by atoms with Crippen LogP contribution in [0.2, 0.25) is 0 Å². The third kappa shape index (κ3) is 2.88. The maximum absolute atomic E-state index is 11.8. The highest BCUT2D eigenvalue weighted by molar-refractivity contribution is 6.04. The van der Waals surface area contributed by atoms with Crippen molar-refractivity contribution >= 4 is 16.9 Å². The van der Waals surface area contributed by atoms with Crippen LogP contribution < -0.4 is 0 Å². The molecule has 0 aliphatic heterocycles. The predicted molar refractivity (Wildman–Crippen MR) is 99.6 cm³/mol. The molecule has 0 spiro atoms. The van der Waals surface area contributed by atoms with Crippen LogP contribution in [0.15, 0.2) is 84.9 Å². The minimum Gasteiger partial charge on any atom is -0.478 e. The third-order valence-corrected chi connectivity index (χ3v) is 4.22.